The van der Waals surface area contributed by atoms with Gasteiger partial charge in [0.1, 0.15) is 0 Å². The Morgan fingerprint density at radius 3 is 2.53 bits per heavy atom. The maximum absolute atomic E-state index is 12.0. The van der Waals surface area contributed by atoms with E-state index < -0.39 is 0 Å². The average Bonchev–Trinajstić information content (AvgIpc) is 3.16. The molecule has 0 radical (unpaired) electrons. The molecule has 0 bridgehead atoms. The third kappa shape index (κ3) is 2.98. The SMILES string of the molecule is Cc1ccccc1C1(CNC(=O)C(C)C(C)N)CC1. The van der Waals surface area contributed by atoms with E-state index in [1.54, 1.807) is 0 Å². The molecule has 0 heterocycles. The lowest BCUT2D eigenvalue weighted by molar-refractivity contribution is -0.125. The molecule has 1 saturated carbocycles. The van der Waals surface area contributed by atoms with Crippen LogP contribution in [0.4, 0.5) is 0 Å². The molecule has 3 heteroatoms. The predicted molar refractivity (Wildman–Crippen MR) is 77.9 cm³/mol. The lowest BCUT2D eigenvalue weighted by atomic mass is 9.91. The van der Waals surface area contributed by atoms with Gasteiger partial charge in [-0.2, -0.15) is 0 Å². The Morgan fingerprint density at radius 2 is 2.00 bits per heavy atom. The van der Waals surface area contributed by atoms with Gasteiger partial charge in [0.05, 0.1) is 0 Å². The van der Waals surface area contributed by atoms with Crippen molar-refractivity contribution in [1.82, 2.24) is 5.32 Å². The van der Waals surface area contributed by atoms with Crippen molar-refractivity contribution in [3.8, 4) is 0 Å². The topological polar surface area (TPSA) is 55.1 Å². The van der Waals surface area contributed by atoms with Gasteiger partial charge in [-0.3, -0.25) is 4.79 Å². The molecule has 1 aromatic rings. The first-order chi connectivity index (χ1) is 8.96. The second-order valence-electron chi connectivity index (χ2n) is 5.96. The fraction of sp³-hybridized carbons (Fsp3) is 0.562. The van der Waals surface area contributed by atoms with Crippen molar-refractivity contribution in [3.05, 3.63) is 35.4 Å². The molecule has 2 unspecified atom stereocenters. The van der Waals surface area contributed by atoms with Crippen LogP contribution < -0.4 is 11.1 Å². The summed E-state index contributed by atoms with van der Waals surface area (Å²) in [6.07, 6.45) is 2.31. The highest BCUT2D eigenvalue weighted by Crippen LogP contribution is 2.48. The third-order valence-electron chi connectivity index (χ3n) is 4.37. The number of hydrogen-bond acceptors (Lipinski definition) is 2. The van der Waals surface area contributed by atoms with Gasteiger partial charge in [0.25, 0.3) is 0 Å². The standard InChI is InChI=1S/C16H24N2O/c1-11-6-4-5-7-14(11)16(8-9-16)10-18-15(19)12(2)13(3)17/h4-7,12-13H,8-10,17H2,1-3H3,(H,18,19). The third-order valence-corrected chi connectivity index (χ3v) is 4.37. The monoisotopic (exact) mass is 260 g/mol. The van der Waals surface area contributed by atoms with Gasteiger partial charge >= 0.3 is 0 Å². The first-order valence-electron chi connectivity index (χ1n) is 7.06. The van der Waals surface area contributed by atoms with Gasteiger partial charge in [-0.05, 0) is 37.8 Å². The summed E-state index contributed by atoms with van der Waals surface area (Å²) in [6.45, 7) is 6.63. The number of carbonyl (C=O) groups excluding carboxylic acids is 1. The van der Waals surface area contributed by atoms with Crippen LogP contribution in [0.1, 0.15) is 37.8 Å². The van der Waals surface area contributed by atoms with E-state index in [1.807, 2.05) is 13.8 Å². The largest absolute Gasteiger partial charge is 0.355 e. The molecule has 1 aliphatic carbocycles. The molecular weight excluding hydrogens is 236 g/mol. The fourth-order valence-electron chi connectivity index (χ4n) is 2.52. The van der Waals surface area contributed by atoms with Gasteiger partial charge in [-0.25, -0.2) is 0 Å². The van der Waals surface area contributed by atoms with Crippen molar-refractivity contribution in [2.45, 2.75) is 45.1 Å². The van der Waals surface area contributed by atoms with Crippen LogP contribution in [0, 0.1) is 12.8 Å². The molecule has 2 atom stereocenters. The van der Waals surface area contributed by atoms with Crippen LogP contribution in [-0.2, 0) is 10.2 Å². The molecule has 0 aromatic heterocycles. The summed E-state index contributed by atoms with van der Waals surface area (Å²) in [5.41, 5.74) is 8.62. The lowest BCUT2D eigenvalue weighted by Crippen LogP contribution is -2.41. The number of hydrogen-bond donors (Lipinski definition) is 2. The Morgan fingerprint density at radius 1 is 1.37 bits per heavy atom. The van der Waals surface area contributed by atoms with Gasteiger partial charge < -0.3 is 11.1 Å². The molecule has 1 aliphatic rings. The summed E-state index contributed by atoms with van der Waals surface area (Å²) < 4.78 is 0. The molecule has 1 aromatic carbocycles. The summed E-state index contributed by atoms with van der Waals surface area (Å²) in [5, 5.41) is 3.07. The zero-order valence-electron chi connectivity index (χ0n) is 12.1. The van der Waals surface area contributed by atoms with Gasteiger partial charge in [0.15, 0.2) is 0 Å². The first-order valence-corrected chi connectivity index (χ1v) is 7.06. The summed E-state index contributed by atoms with van der Waals surface area (Å²) in [7, 11) is 0. The number of benzene rings is 1. The zero-order chi connectivity index (χ0) is 14.0. The van der Waals surface area contributed by atoms with Crippen LogP contribution in [-0.4, -0.2) is 18.5 Å². The van der Waals surface area contributed by atoms with Crippen LogP contribution in [0.25, 0.3) is 0 Å². The molecule has 0 spiro atoms. The van der Waals surface area contributed by atoms with Crippen LogP contribution in [0.15, 0.2) is 24.3 Å². The van der Waals surface area contributed by atoms with E-state index >= 15 is 0 Å². The molecular formula is C16H24N2O. The van der Waals surface area contributed by atoms with E-state index in [0.717, 1.165) is 19.4 Å². The van der Waals surface area contributed by atoms with Crippen LogP contribution in [0.2, 0.25) is 0 Å². The molecule has 2 rings (SSSR count). The van der Waals surface area contributed by atoms with Crippen LogP contribution in [0.5, 0.6) is 0 Å². The minimum absolute atomic E-state index is 0.0647. The van der Waals surface area contributed by atoms with E-state index in [1.165, 1.54) is 11.1 Å². The maximum Gasteiger partial charge on any atom is 0.224 e. The highest BCUT2D eigenvalue weighted by molar-refractivity contribution is 5.79. The number of carbonyl (C=O) groups is 1. The number of nitrogens with two attached hydrogens (primary N) is 1. The van der Waals surface area contributed by atoms with Crippen molar-refractivity contribution in [3.63, 3.8) is 0 Å². The molecule has 3 N–H and O–H groups in total. The smallest absolute Gasteiger partial charge is 0.224 e. The van der Waals surface area contributed by atoms with Gasteiger partial charge in [0, 0.05) is 23.9 Å². The summed E-state index contributed by atoms with van der Waals surface area (Å²) in [4.78, 5) is 12.0. The number of nitrogens with one attached hydrogen (secondary N) is 1. The van der Waals surface area contributed by atoms with E-state index in [9.17, 15) is 4.79 Å². The van der Waals surface area contributed by atoms with Crippen LogP contribution >= 0.6 is 0 Å². The Hall–Kier alpha value is -1.35. The Labute approximate surface area is 115 Å². The first kappa shape index (κ1) is 14.1. The van der Waals surface area contributed by atoms with E-state index in [2.05, 4.69) is 36.5 Å². The van der Waals surface area contributed by atoms with Crippen molar-refractivity contribution < 1.29 is 4.79 Å². The average molecular weight is 260 g/mol. The molecule has 0 aliphatic heterocycles. The van der Waals surface area contributed by atoms with E-state index in [-0.39, 0.29) is 23.3 Å². The molecule has 0 saturated heterocycles. The highest BCUT2D eigenvalue weighted by Gasteiger charge is 2.45. The molecule has 104 valence electrons. The summed E-state index contributed by atoms with van der Waals surface area (Å²) in [5.74, 6) is -0.0671. The molecule has 1 fully saturated rings. The van der Waals surface area contributed by atoms with Crippen molar-refractivity contribution in [1.29, 1.82) is 0 Å². The molecule has 3 nitrogen and oxygen atoms in total. The number of amides is 1. The quantitative estimate of drug-likeness (QED) is 0.852. The fourth-order valence-corrected chi connectivity index (χ4v) is 2.52. The summed E-state index contributed by atoms with van der Waals surface area (Å²) >= 11 is 0. The van der Waals surface area contributed by atoms with Crippen molar-refractivity contribution in [2.24, 2.45) is 11.7 Å². The Kier molecular flexibility index (Phi) is 3.95. The minimum Gasteiger partial charge on any atom is -0.355 e. The van der Waals surface area contributed by atoms with Crippen molar-refractivity contribution >= 4 is 5.91 Å². The van der Waals surface area contributed by atoms with Crippen molar-refractivity contribution in [2.75, 3.05) is 6.54 Å². The minimum atomic E-state index is -0.132. The zero-order valence-corrected chi connectivity index (χ0v) is 12.1. The van der Waals surface area contributed by atoms with Gasteiger partial charge in [0.2, 0.25) is 5.91 Å². The Balaban J connectivity index is 2.00. The summed E-state index contributed by atoms with van der Waals surface area (Å²) in [6, 6.07) is 8.36. The number of rotatable bonds is 5. The molecule has 19 heavy (non-hydrogen) atoms. The van der Waals surface area contributed by atoms with Gasteiger partial charge in [-0.1, -0.05) is 31.2 Å². The normalized spacial score (nSPS) is 19.6. The Bertz CT molecular complexity index is 464. The van der Waals surface area contributed by atoms with E-state index in [0.29, 0.717) is 0 Å². The maximum atomic E-state index is 12.0. The highest BCUT2D eigenvalue weighted by atomic mass is 16.1. The second kappa shape index (κ2) is 5.33. The van der Waals surface area contributed by atoms with Gasteiger partial charge in [-0.15, -0.1) is 0 Å². The number of aryl methyl sites for hydroxylation is 1. The predicted octanol–water partition coefficient (Wildman–Crippen LogP) is 2.13. The van der Waals surface area contributed by atoms with Crippen LogP contribution in [0.3, 0.4) is 0 Å². The second-order valence-corrected chi connectivity index (χ2v) is 5.96. The molecule has 1 amide bonds. The lowest BCUT2D eigenvalue weighted by Gasteiger charge is -2.21. The van der Waals surface area contributed by atoms with E-state index in [4.69, 9.17) is 5.73 Å².